The van der Waals surface area contributed by atoms with Crippen molar-refractivity contribution < 1.29 is 14.3 Å². The molecular formula is C17H16BrN3O3. The molecule has 0 radical (unpaired) electrons. The van der Waals surface area contributed by atoms with Gasteiger partial charge in [0.2, 0.25) is 0 Å². The average molecular weight is 390 g/mol. The quantitative estimate of drug-likeness (QED) is 0.621. The van der Waals surface area contributed by atoms with Gasteiger partial charge in [0, 0.05) is 27.6 Å². The van der Waals surface area contributed by atoms with Crippen LogP contribution in [0.15, 0.2) is 16.7 Å². The summed E-state index contributed by atoms with van der Waals surface area (Å²) in [6, 6.07) is 1.84. The van der Waals surface area contributed by atoms with Gasteiger partial charge in [-0.1, -0.05) is 0 Å². The first-order chi connectivity index (χ1) is 11.4. The Hall–Kier alpha value is -2.41. The number of hydrogen-bond acceptors (Lipinski definition) is 4. The van der Waals surface area contributed by atoms with Crippen LogP contribution in [0.5, 0.6) is 0 Å². The van der Waals surface area contributed by atoms with Crippen LogP contribution in [0.25, 0.3) is 11.6 Å². The minimum atomic E-state index is -0.367. The molecule has 6 nitrogen and oxygen atoms in total. The second kappa shape index (κ2) is 6.24. The molecule has 0 bridgehead atoms. The van der Waals surface area contributed by atoms with E-state index in [9.17, 15) is 9.59 Å². The third-order valence-electron chi connectivity index (χ3n) is 3.87. The Balaban J connectivity index is 2.08. The van der Waals surface area contributed by atoms with Gasteiger partial charge in [0.25, 0.3) is 5.91 Å². The molecule has 1 amide bonds. The maximum atomic E-state index is 12.2. The smallest absolute Gasteiger partial charge is 0.340 e. The largest absolute Gasteiger partial charge is 0.462 e. The van der Waals surface area contributed by atoms with E-state index in [1.165, 1.54) is 0 Å². The summed E-state index contributed by atoms with van der Waals surface area (Å²) in [5.74, 6) is -0.0602. The van der Waals surface area contributed by atoms with Gasteiger partial charge in [-0.25, -0.2) is 9.78 Å². The molecule has 0 unspecified atom stereocenters. The topological polar surface area (TPSA) is 84.1 Å². The zero-order valence-electron chi connectivity index (χ0n) is 13.5. The first-order valence-corrected chi connectivity index (χ1v) is 8.27. The molecule has 0 aliphatic carbocycles. The number of fused-ring (bicyclic) bond motifs is 1. The number of nitrogens with one attached hydrogen (secondary N) is 2. The van der Waals surface area contributed by atoms with Crippen LogP contribution >= 0.6 is 15.9 Å². The molecular weight excluding hydrogens is 374 g/mol. The number of amides is 1. The Labute approximate surface area is 147 Å². The maximum Gasteiger partial charge on any atom is 0.340 e. The summed E-state index contributed by atoms with van der Waals surface area (Å²) in [6.07, 6.45) is 3.37. The van der Waals surface area contributed by atoms with Crippen molar-refractivity contribution in [2.45, 2.75) is 20.8 Å². The highest BCUT2D eigenvalue weighted by molar-refractivity contribution is 9.10. The molecule has 0 atom stereocenters. The van der Waals surface area contributed by atoms with E-state index in [0.717, 1.165) is 15.6 Å². The van der Waals surface area contributed by atoms with Crippen LogP contribution in [-0.2, 0) is 9.53 Å². The van der Waals surface area contributed by atoms with Crippen molar-refractivity contribution in [2.24, 2.45) is 0 Å². The number of halogens is 1. The summed E-state index contributed by atoms with van der Waals surface area (Å²) >= 11 is 3.37. The van der Waals surface area contributed by atoms with Gasteiger partial charge in [0.05, 0.1) is 17.7 Å². The van der Waals surface area contributed by atoms with Crippen molar-refractivity contribution in [2.75, 3.05) is 11.9 Å². The summed E-state index contributed by atoms with van der Waals surface area (Å²) < 4.78 is 5.88. The predicted molar refractivity (Wildman–Crippen MR) is 94.7 cm³/mol. The fourth-order valence-electron chi connectivity index (χ4n) is 2.76. The molecule has 2 aromatic rings. The van der Waals surface area contributed by atoms with E-state index < -0.39 is 0 Å². The van der Waals surface area contributed by atoms with E-state index in [-0.39, 0.29) is 11.9 Å². The summed E-state index contributed by atoms with van der Waals surface area (Å²) in [7, 11) is 0. The van der Waals surface area contributed by atoms with Gasteiger partial charge < -0.3 is 15.0 Å². The Kier molecular flexibility index (Phi) is 4.28. The van der Waals surface area contributed by atoms with Crippen LogP contribution in [0.3, 0.4) is 0 Å². The van der Waals surface area contributed by atoms with Gasteiger partial charge in [-0.15, -0.1) is 0 Å². The maximum absolute atomic E-state index is 12.2. The van der Waals surface area contributed by atoms with Crippen molar-refractivity contribution in [1.82, 2.24) is 9.97 Å². The summed E-state index contributed by atoms with van der Waals surface area (Å²) in [5.41, 5.74) is 3.90. The minimum absolute atomic E-state index is 0.222. The Morgan fingerprint density at radius 1 is 1.42 bits per heavy atom. The van der Waals surface area contributed by atoms with E-state index in [0.29, 0.717) is 34.9 Å². The molecule has 0 saturated heterocycles. The molecule has 1 aliphatic heterocycles. The van der Waals surface area contributed by atoms with Crippen molar-refractivity contribution in [3.8, 4) is 0 Å². The molecule has 2 N–H and O–H groups in total. The summed E-state index contributed by atoms with van der Waals surface area (Å²) in [6.45, 7) is 5.72. The van der Waals surface area contributed by atoms with Crippen molar-refractivity contribution in [3.63, 3.8) is 0 Å². The summed E-state index contributed by atoms with van der Waals surface area (Å²) in [5, 5.41) is 2.73. The van der Waals surface area contributed by atoms with Gasteiger partial charge in [0.15, 0.2) is 0 Å². The number of hydrogen-bond donors (Lipinski definition) is 2. The standard InChI is InChI=1S/C17H16BrN3O3/c1-4-24-17(23)14-8(2)13(20-9(14)3)6-12-11-5-10(18)7-19-15(11)21-16(12)22/h5-7,20H,4H2,1-3H3,(H,19,21,22)/b12-6-. The van der Waals surface area contributed by atoms with Gasteiger partial charge in [-0.3, -0.25) is 4.79 Å². The van der Waals surface area contributed by atoms with Crippen LogP contribution in [0.2, 0.25) is 0 Å². The number of H-pyrrole nitrogens is 1. The molecule has 0 fully saturated rings. The van der Waals surface area contributed by atoms with E-state index in [1.807, 2.05) is 19.9 Å². The van der Waals surface area contributed by atoms with Crippen LogP contribution in [0.4, 0.5) is 5.82 Å². The van der Waals surface area contributed by atoms with Crippen molar-refractivity contribution >= 4 is 45.3 Å². The Bertz CT molecular complexity index is 883. The molecule has 1 aliphatic rings. The molecule has 7 heteroatoms. The lowest BCUT2D eigenvalue weighted by atomic mass is 10.1. The van der Waals surface area contributed by atoms with E-state index in [4.69, 9.17) is 4.74 Å². The zero-order chi connectivity index (χ0) is 17.4. The first kappa shape index (κ1) is 16.4. The second-order valence-electron chi connectivity index (χ2n) is 5.45. The SMILES string of the molecule is CCOC(=O)c1c(C)[nH]c(/C=C2\C(=O)Nc3ncc(Br)cc32)c1C. The Morgan fingerprint density at radius 3 is 2.88 bits per heavy atom. The number of aryl methyl sites for hydroxylation is 1. The van der Waals surface area contributed by atoms with Crippen LogP contribution < -0.4 is 5.32 Å². The number of pyridine rings is 1. The van der Waals surface area contributed by atoms with Gasteiger partial charge in [0.1, 0.15) is 5.82 Å². The fraction of sp³-hybridized carbons (Fsp3) is 0.235. The monoisotopic (exact) mass is 389 g/mol. The fourth-order valence-corrected chi connectivity index (χ4v) is 3.09. The molecule has 24 heavy (non-hydrogen) atoms. The summed E-state index contributed by atoms with van der Waals surface area (Å²) in [4.78, 5) is 31.7. The first-order valence-electron chi connectivity index (χ1n) is 7.47. The molecule has 3 heterocycles. The number of ether oxygens (including phenoxy) is 1. The number of rotatable bonds is 3. The highest BCUT2D eigenvalue weighted by Gasteiger charge is 2.27. The third-order valence-corrected chi connectivity index (χ3v) is 4.30. The highest BCUT2D eigenvalue weighted by Crippen LogP contribution is 2.34. The number of carbonyl (C=O) groups excluding carboxylic acids is 2. The number of aromatic nitrogens is 2. The normalized spacial score (nSPS) is 14.7. The average Bonchev–Trinajstić information content (AvgIpc) is 2.97. The number of carbonyl (C=O) groups is 2. The molecule has 0 saturated carbocycles. The lowest BCUT2D eigenvalue weighted by Gasteiger charge is -2.02. The van der Waals surface area contributed by atoms with Gasteiger partial charge in [-0.05, 0) is 54.4 Å². The van der Waals surface area contributed by atoms with Gasteiger partial charge >= 0.3 is 5.97 Å². The van der Waals surface area contributed by atoms with Crippen molar-refractivity contribution in [1.29, 1.82) is 0 Å². The molecule has 0 spiro atoms. The van der Waals surface area contributed by atoms with E-state index in [1.54, 1.807) is 19.2 Å². The molecule has 3 rings (SSSR count). The third kappa shape index (κ3) is 2.75. The Morgan fingerprint density at radius 2 is 2.17 bits per heavy atom. The molecule has 2 aromatic heterocycles. The van der Waals surface area contributed by atoms with Gasteiger partial charge in [-0.2, -0.15) is 0 Å². The van der Waals surface area contributed by atoms with Crippen LogP contribution in [0.1, 0.15) is 39.8 Å². The number of anilines is 1. The molecule has 124 valence electrons. The van der Waals surface area contributed by atoms with Crippen LogP contribution in [0, 0.1) is 13.8 Å². The van der Waals surface area contributed by atoms with E-state index in [2.05, 4.69) is 31.2 Å². The number of esters is 1. The van der Waals surface area contributed by atoms with Crippen LogP contribution in [-0.4, -0.2) is 28.5 Å². The molecule has 0 aromatic carbocycles. The van der Waals surface area contributed by atoms with Crippen molar-refractivity contribution in [3.05, 3.63) is 44.8 Å². The second-order valence-corrected chi connectivity index (χ2v) is 6.36. The predicted octanol–water partition coefficient (Wildman–Crippen LogP) is 3.46. The lowest BCUT2D eigenvalue weighted by Crippen LogP contribution is -2.06. The van der Waals surface area contributed by atoms with E-state index >= 15 is 0 Å². The number of aromatic amines is 1. The number of nitrogens with zero attached hydrogens (tertiary/aromatic N) is 1. The lowest BCUT2D eigenvalue weighted by molar-refractivity contribution is -0.110. The zero-order valence-corrected chi connectivity index (χ0v) is 15.1. The minimum Gasteiger partial charge on any atom is -0.462 e. The highest BCUT2D eigenvalue weighted by atomic mass is 79.9.